The van der Waals surface area contributed by atoms with Crippen LogP contribution >= 0.6 is 11.6 Å². The summed E-state index contributed by atoms with van der Waals surface area (Å²) in [5, 5.41) is 11.8. The van der Waals surface area contributed by atoms with Gasteiger partial charge in [-0.2, -0.15) is 0 Å². The average Bonchev–Trinajstić information content (AvgIpc) is 3.21. The molecule has 0 bridgehead atoms. The van der Waals surface area contributed by atoms with Crippen LogP contribution in [0.1, 0.15) is 11.1 Å². The number of carbonyl (C=O) groups is 1. The van der Waals surface area contributed by atoms with Crippen molar-refractivity contribution in [2.24, 2.45) is 4.99 Å². The smallest absolute Gasteiger partial charge is 0.335 e. The number of rotatable bonds is 6. The second-order valence-electron chi connectivity index (χ2n) is 7.16. The van der Waals surface area contributed by atoms with Gasteiger partial charge < -0.3 is 14.8 Å². The van der Waals surface area contributed by atoms with Gasteiger partial charge in [0, 0.05) is 29.7 Å². The molecule has 0 aliphatic rings. The van der Waals surface area contributed by atoms with Crippen molar-refractivity contribution in [1.29, 1.82) is 0 Å². The molecule has 0 aliphatic carbocycles. The Balaban J connectivity index is 1.75. The fourth-order valence-electron chi connectivity index (χ4n) is 3.52. The molecule has 2 heterocycles. The molecule has 3 N–H and O–H groups in total. The van der Waals surface area contributed by atoms with Gasteiger partial charge in [-0.15, -0.1) is 0 Å². The number of fused-ring (bicyclic) bond motifs is 1. The minimum Gasteiger partial charge on any atom is -0.493 e. The highest BCUT2D eigenvalue weighted by atomic mass is 35.5. The normalized spacial score (nSPS) is 12.3. The molecule has 0 radical (unpaired) electrons. The Labute approximate surface area is 192 Å². The van der Waals surface area contributed by atoms with Crippen LogP contribution in [0, 0.1) is 0 Å². The number of halogens is 1. The van der Waals surface area contributed by atoms with Crippen molar-refractivity contribution in [3.63, 3.8) is 0 Å². The van der Waals surface area contributed by atoms with Gasteiger partial charge in [-0.1, -0.05) is 41.9 Å². The topological polar surface area (TPSA) is 130 Å². The van der Waals surface area contributed by atoms with E-state index in [4.69, 9.17) is 16.3 Å². The Hall–Kier alpha value is -4.11. The number of para-hydroxylation sites is 2. The largest absolute Gasteiger partial charge is 0.493 e. The summed E-state index contributed by atoms with van der Waals surface area (Å²) in [5.41, 5.74) is -0.122. The van der Waals surface area contributed by atoms with Crippen LogP contribution in [-0.2, 0) is 16.0 Å². The van der Waals surface area contributed by atoms with Crippen molar-refractivity contribution in [2.75, 3.05) is 7.11 Å². The Kier molecular flexibility index (Phi) is 6.14. The lowest BCUT2D eigenvalue weighted by molar-refractivity contribution is -0.142. The highest BCUT2D eigenvalue weighted by Gasteiger charge is 2.21. The van der Waals surface area contributed by atoms with E-state index >= 15 is 0 Å². The van der Waals surface area contributed by atoms with Gasteiger partial charge in [0.2, 0.25) is 5.88 Å². The van der Waals surface area contributed by atoms with Crippen molar-refractivity contribution in [3.05, 3.63) is 91.7 Å². The lowest BCUT2D eigenvalue weighted by Gasteiger charge is -2.12. The lowest BCUT2D eigenvalue weighted by Crippen LogP contribution is -2.32. The van der Waals surface area contributed by atoms with Crippen molar-refractivity contribution < 1.29 is 14.6 Å². The van der Waals surface area contributed by atoms with Gasteiger partial charge in [-0.05, 0) is 23.8 Å². The van der Waals surface area contributed by atoms with E-state index < -0.39 is 29.1 Å². The van der Waals surface area contributed by atoms with Gasteiger partial charge in [-0.3, -0.25) is 14.8 Å². The van der Waals surface area contributed by atoms with E-state index in [-0.39, 0.29) is 22.7 Å². The lowest BCUT2D eigenvalue weighted by atomic mass is 10.1. The Morgan fingerprint density at radius 3 is 2.70 bits per heavy atom. The molecule has 9 nitrogen and oxygen atoms in total. The molecular formula is C23H19ClN4O5. The third-order valence-corrected chi connectivity index (χ3v) is 5.48. The van der Waals surface area contributed by atoms with Crippen molar-refractivity contribution in [2.45, 2.75) is 12.5 Å². The molecule has 0 spiro atoms. The van der Waals surface area contributed by atoms with Gasteiger partial charge >= 0.3 is 11.7 Å². The zero-order valence-corrected chi connectivity index (χ0v) is 18.2. The third kappa shape index (κ3) is 4.31. The first-order chi connectivity index (χ1) is 15.9. The summed E-state index contributed by atoms with van der Waals surface area (Å²) in [6.07, 6.45) is 3.02. The van der Waals surface area contributed by atoms with Crippen LogP contribution in [-0.4, -0.2) is 45.0 Å². The summed E-state index contributed by atoms with van der Waals surface area (Å²) in [6.45, 7) is 0. The van der Waals surface area contributed by atoms with E-state index in [9.17, 15) is 19.5 Å². The summed E-state index contributed by atoms with van der Waals surface area (Å²) in [4.78, 5) is 46.6. The second-order valence-corrected chi connectivity index (χ2v) is 7.57. The van der Waals surface area contributed by atoms with Crippen LogP contribution in [0.15, 0.2) is 69.3 Å². The summed E-state index contributed by atoms with van der Waals surface area (Å²) in [6, 6.07) is 12.9. The first kappa shape index (κ1) is 22.1. The van der Waals surface area contributed by atoms with Gasteiger partial charge in [0.25, 0.3) is 5.56 Å². The van der Waals surface area contributed by atoms with E-state index in [1.165, 1.54) is 19.2 Å². The number of nitrogens with one attached hydrogen (secondary N) is 2. The molecule has 2 aromatic carbocycles. The van der Waals surface area contributed by atoms with Crippen molar-refractivity contribution >= 4 is 34.7 Å². The number of hydrogen-bond acceptors (Lipinski definition) is 6. The maximum atomic E-state index is 12.4. The molecule has 4 rings (SSSR count). The van der Waals surface area contributed by atoms with Crippen LogP contribution in [0.2, 0.25) is 5.02 Å². The van der Waals surface area contributed by atoms with E-state index in [1.807, 2.05) is 24.3 Å². The maximum Gasteiger partial charge on any atom is 0.335 e. The third-order valence-electron chi connectivity index (χ3n) is 5.16. The van der Waals surface area contributed by atoms with E-state index in [0.717, 1.165) is 27.2 Å². The average molecular weight is 467 g/mol. The molecule has 4 aromatic rings. The number of aromatic nitrogens is 3. The predicted octanol–water partition coefficient (Wildman–Crippen LogP) is 2.57. The Morgan fingerprint density at radius 2 is 1.94 bits per heavy atom. The van der Waals surface area contributed by atoms with E-state index in [2.05, 4.69) is 15.0 Å². The highest BCUT2D eigenvalue weighted by molar-refractivity contribution is 6.32. The van der Waals surface area contributed by atoms with E-state index in [1.54, 1.807) is 18.3 Å². The fraction of sp³-hybridized carbons (Fsp3) is 0.130. The number of H-pyrrole nitrogens is 2. The number of carbonyl (C=O) groups excluding carboxylic acids is 1. The number of aromatic amines is 2. The number of benzene rings is 2. The van der Waals surface area contributed by atoms with Crippen LogP contribution in [0.4, 0.5) is 0 Å². The summed E-state index contributed by atoms with van der Waals surface area (Å²) >= 11 is 6.15. The molecule has 2 aromatic heterocycles. The van der Waals surface area contributed by atoms with Crippen LogP contribution in [0.5, 0.6) is 5.88 Å². The molecule has 1 unspecified atom stereocenters. The molecular weight excluding hydrogens is 448 g/mol. The molecule has 10 heteroatoms. The predicted molar refractivity (Wildman–Crippen MR) is 125 cm³/mol. The van der Waals surface area contributed by atoms with Crippen LogP contribution in [0.25, 0.3) is 16.6 Å². The monoisotopic (exact) mass is 466 g/mol. The van der Waals surface area contributed by atoms with Crippen molar-refractivity contribution in [3.8, 4) is 11.6 Å². The fourth-order valence-corrected chi connectivity index (χ4v) is 3.74. The van der Waals surface area contributed by atoms with Gasteiger partial charge in [-0.25, -0.2) is 14.2 Å². The number of aliphatic imine (C=N–C) groups is 1. The van der Waals surface area contributed by atoms with Gasteiger partial charge in [0.1, 0.15) is 5.56 Å². The summed E-state index contributed by atoms with van der Waals surface area (Å²) in [5.74, 6) is -1.27. The zero-order chi connectivity index (χ0) is 23.5. The molecule has 1 atom stereocenters. The van der Waals surface area contributed by atoms with E-state index in [0.29, 0.717) is 0 Å². The number of aromatic hydroxyl groups is 1. The van der Waals surface area contributed by atoms with Gasteiger partial charge in [0.15, 0.2) is 6.04 Å². The maximum absolute atomic E-state index is 12.4. The van der Waals surface area contributed by atoms with Crippen molar-refractivity contribution in [1.82, 2.24) is 14.5 Å². The number of nitrogens with zero attached hydrogens (tertiary/aromatic N) is 2. The Morgan fingerprint density at radius 1 is 1.21 bits per heavy atom. The molecule has 168 valence electrons. The molecule has 0 amide bonds. The second kappa shape index (κ2) is 9.17. The quantitative estimate of drug-likeness (QED) is 0.297. The first-order valence-corrected chi connectivity index (χ1v) is 10.3. The summed E-state index contributed by atoms with van der Waals surface area (Å²) in [7, 11) is 1.24. The number of esters is 1. The number of methoxy groups -OCH3 is 1. The molecule has 0 aliphatic heterocycles. The first-order valence-electron chi connectivity index (χ1n) is 9.90. The van der Waals surface area contributed by atoms with Gasteiger partial charge in [0.05, 0.1) is 17.8 Å². The van der Waals surface area contributed by atoms with Crippen LogP contribution in [0.3, 0.4) is 0 Å². The Bertz CT molecular complexity index is 1480. The standard InChI is InChI=1S/C23H19ClN4O5/c1-33-22(31)18(10-13-11-25-17-8-4-2-6-14(13)17)26-12-15-20(29)27-23(32)28(21(15)30)19-9-5-3-7-16(19)24/h2-9,11-12,18,25,30H,10H2,1H3,(H,27,29,32). The molecule has 33 heavy (non-hydrogen) atoms. The minimum absolute atomic E-state index is 0.177. The zero-order valence-electron chi connectivity index (χ0n) is 17.4. The number of ether oxygens (including phenoxy) is 1. The highest BCUT2D eigenvalue weighted by Crippen LogP contribution is 2.23. The molecule has 0 fully saturated rings. The van der Waals surface area contributed by atoms with Crippen LogP contribution < -0.4 is 11.2 Å². The minimum atomic E-state index is -0.992. The number of hydrogen-bond donors (Lipinski definition) is 3. The SMILES string of the molecule is COC(=O)C(Cc1c[nH]c2ccccc12)N=Cc1c(O)n(-c2ccccc2Cl)c(=O)[nH]c1=O. The summed E-state index contributed by atoms with van der Waals surface area (Å²) < 4.78 is 5.73. The molecule has 0 saturated carbocycles. The molecule has 0 saturated heterocycles.